The Labute approximate surface area is 120 Å². The SMILES string of the molecule is Clc1cc(CN2CCCC(C3CCCN3)C2)ccn1. The second-order valence-electron chi connectivity index (χ2n) is 5.83. The average molecular weight is 280 g/mol. The summed E-state index contributed by atoms with van der Waals surface area (Å²) in [5.41, 5.74) is 1.28. The van der Waals surface area contributed by atoms with Crippen LogP contribution in [-0.2, 0) is 6.54 Å². The molecule has 0 spiro atoms. The summed E-state index contributed by atoms with van der Waals surface area (Å²) >= 11 is 5.96. The second kappa shape index (κ2) is 6.21. The van der Waals surface area contributed by atoms with Crippen molar-refractivity contribution in [3.8, 4) is 0 Å². The van der Waals surface area contributed by atoms with Crippen LogP contribution in [0.4, 0.5) is 0 Å². The Hall–Kier alpha value is -0.640. The lowest BCUT2D eigenvalue weighted by Gasteiger charge is -2.35. The van der Waals surface area contributed by atoms with E-state index in [1.165, 1.54) is 50.9 Å². The van der Waals surface area contributed by atoms with Gasteiger partial charge in [-0.15, -0.1) is 0 Å². The minimum absolute atomic E-state index is 0.600. The number of hydrogen-bond acceptors (Lipinski definition) is 3. The van der Waals surface area contributed by atoms with Gasteiger partial charge in [-0.05, 0) is 62.4 Å². The van der Waals surface area contributed by atoms with Crippen LogP contribution in [0.15, 0.2) is 18.3 Å². The zero-order chi connectivity index (χ0) is 13.1. The minimum atomic E-state index is 0.600. The lowest BCUT2D eigenvalue weighted by Crippen LogP contribution is -2.43. The van der Waals surface area contributed by atoms with Crippen molar-refractivity contribution in [3.05, 3.63) is 29.0 Å². The van der Waals surface area contributed by atoms with Crippen molar-refractivity contribution in [2.75, 3.05) is 19.6 Å². The summed E-state index contributed by atoms with van der Waals surface area (Å²) in [6.45, 7) is 4.65. The number of aromatic nitrogens is 1. The van der Waals surface area contributed by atoms with Gasteiger partial charge in [-0.25, -0.2) is 4.98 Å². The Balaban J connectivity index is 1.58. The highest BCUT2D eigenvalue weighted by Gasteiger charge is 2.28. The molecule has 19 heavy (non-hydrogen) atoms. The lowest BCUT2D eigenvalue weighted by atomic mass is 9.89. The smallest absolute Gasteiger partial charge is 0.129 e. The predicted octanol–water partition coefficient (Wildman–Crippen LogP) is 2.70. The van der Waals surface area contributed by atoms with Gasteiger partial charge in [0.05, 0.1) is 0 Å². The average Bonchev–Trinajstić information content (AvgIpc) is 2.93. The van der Waals surface area contributed by atoms with Gasteiger partial charge in [0, 0.05) is 25.3 Å². The number of pyridine rings is 1. The molecule has 0 saturated carbocycles. The second-order valence-corrected chi connectivity index (χ2v) is 6.21. The highest BCUT2D eigenvalue weighted by atomic mass is 35.5. The standard InChI is InChI=1S/C15H22ClN3/c16-15-9-12(5-7-18-15)10-19-8-2-3-13(11-19)14-4-1-6-17-14/h5,7,9,13-14,17H,1-4,6,8,10-11H2. The third-order valence-electron chi connectivity index (χ3n) is 4.41. The minimum Gasteiger partial charge on any atom is -0.314 e. The molecule has 0 amide bonds. The summed E-state index contributed by atoms with van der Waals surface area (Å²) in [7, 11) is 0. The van der Waals surface area contributed by atoms with Crippen molar-refractivity contribution in [2.45, 2.75) is 38.3 Å². The zero-order valence-electron chi connectivity index (χ0n) is 11.3. The maximum atomic E-state index is 5.96. The molecule has 2 fully saturated rings. The Bertz CT molecular complexity index is 418. The Morgan fingerprint density at radius 3 is 3.11 bits per heavy atom. The van der Waals surface area contributed by atoms with E-state index in [4.69, 9.17) is 11.6 Å². The molecule has 0 aromatic carbocycles. The summed E-state index contributed by atoms with van der Waals surface area (Å²) in [5.74, 6) is 0.827. The summed E-state index contributed by atoms with van der Waals surface area (Å²) in [6.07, 6.45) is 7.21. The molecule has 1 aromatic rings. The molecule has 3 heterocycles. The van der Waals surface area contributed by atoms with Crippen molar-refractivity contribution in [3.63, 3.8) is 0 Å². The Morgan fingerprint density at radius 1 is 1.37 bits per heavy atom. The Kier molecular flexibility index (Phi) is 4.36. The third kappa shape index (κ3) is 3.47. The van der Waals surface area contributed by atoms with E-state index in [-0.39, 0.29) is 0 Å². The number of piperidine rings is 1. The van der Waals surface area contributed by atoms with Crippen LogP contribution < -0.4 is 5.32 Å². The molecule has 1 aromatic heterocycles. The fourth-order valence-corrected chi connectivity index (χ4v) is 3.67. The van der Waals surface area contributed by atoms with Gasteiger partial charge in [0.15, 0.2) is 0 Å². The highest BCUT2D eigenvalue weighted by molar-refractivity contribution is 6.29. The van der Waals surface area contributed by atoms with E-state index in [1.54, 1.807) is 6.20 Å². The van der Waals surface area contributed by atoms with Gasteiger partial charge in [0.25, 0.3) is 0 Å². The van der Waals surface area contributed by atoms with Crippen LogP contribution >= 0.6 is 11.6 Å². The number of nitrogens with zero attached hydrogens (tertiary/aromatic N) is 2. The molecule has 2 saturated heterocycles. The first kappa shape index (κ1) is 13.3. The highest BCUT2D eigenvalue weighted by Crippen LogP contribution is 2.25. The molecule has 1 N–H and O–H groups in total. The van der Waals surface area contributed by atoms with Gasteiger partial charge in [-0.2, -0.15) is 0 Å². The lowest BCUT2D eigenvalue weighted by molar-refractivity contribution is 0.145. The topological polar surface area (TPSA) is 28.2 Å². The molecule has 3 rings (SSSR count). The number of halogens is 1. The van der Waals surface area contributed by atoms with Crippen LogP contribution in [0.3, 0.4) is 0 Å². The summed E-state index contributed by atoms with van der Waals surface area (Å²) in [6, 6.07) is 4.81. The van der Waals surface area contributed by atoms with Gasteiger partial charge in [0.2, 0.25) is 0 Å². The summed E-state index contributed by atoms with van der Waals surface area (Å²) in [5, 5.41) is 4.26. The maximum Gasteiger partial charge on any atom is 0.129 e. The summed E-state index contributed by atoms with van der Waals surface area (Å²) < 4.78 is 0. The van der Waals surface area contributed by atoms with Crippen LogP contribution in [-0.4, -0.2) is 35.6 Å². The van der Waals surface area contributed by atoms with E-state index in [2.05, 4.69) is 21.3 Å². The molecule has 0 bridgehead atoms. The maximum absolute atomic E-state index is 5.96. The van der Waals surface area contributed by atoms with Gasteiger partial charge in [-0.3, -0.25) is 4.90 Å². The molecule has 3 nitrogen and oxygen atoms in total. The van der Waals surface area contributed by atoms with Crippen LogP contribution in [0.5, 0.6) is 0 Å². The largest absolute Gasteiger partial charge is 0.314 e. The molecular weight excluding hydrogens is 258 g/mol. The van der Waals surface area contributed by atoms with Gasteiger partial charge < -0.3 is 5.32 Å². The van der Waals surface area contributed by atoms with Crippen LogP contribution in [0.2, 0.25) is 5.15 Å². The van der Waals surface area contributed by atoms with E-state index in [0.717, 1.165) is 18.5 Å². The molecule has 2 aliphatic rings. The normalized spacial score (nSPS) is 28.7. The fourth-order valence-electron chi connectivity index (χ4n) is 3.48. The number of rotatable bonds is 3. The molecule has 2 aliphatic heterocycles. The number of nitrogens with one attached hydrogen (secondary N) is 1. The predicted molar refractivity (Wildman–Crippen MR) is 78.3 cm³/mol. The molecule has 2 unspecified atom stereocenters. The van der Waals surface area contributed by atoms with E-state index < -0.39 is 0 Å². The van der Waals surface area contributed by atoms with E-state index in [0.29, 0.717) is 5.15 Å². The van der Waals surface area contributed by atoms with Crippen LogP contribution in [0.1, 0.15) is 31.2 Å². The van der Waals surface area contributed by atoms with Gasteiger partial charge >= 0.3 is 0 Å². The summed E-state index contributed by atoms with van der Waals surface area (Å²) in [4.78, 5) is 6.62. The molecule has 4 heteroatoms. The first-order valence-corrected chi connectivity index (χ1v) is 7.75. The van der Waals surface area contributed by atoms with Crippen molar-refractivity contribution < 1.29 is 0 Å². The van der Waals surface area contributed by atoms with Crippen molar-refractivity contribution in [2.24, 2.45) is 5.92 Å². The zero-order valence-corrected chi connectivity index (χ0v) is 12.1. The number of likely N-dealkylation sites (tertiary alicyclic amines) is 1. The van der Waals surface area contributed by atoms with Crippen molar-refractivity contribution in [1.29, 1.82) is 0 Å². The van der Waals surface area contributed by atoms with Crippen molar-refractivity contribution >= 4 is 11.6 Å². The first-order valence-electron chi connectivity index (χ1n) is 7.37. The molecule has 0 aliphatic carbocycles. The van der Waals surface area contributed by atoms with Crippen LogP contribution in [0, 0.1) is 5.92 Å². The first-order chi connectivity index (χ1) is 9.31. The molecule has 0 radical (unpaired) electrons. The molecule has 104 valence electrons. The number of hydrogen-bond donors (Lipinski definition) is 1. The van der Waals surface area contributed by atoms with Gasteiger partial charge in [-0.1, -0.05) is 11.6 Å². The fraction of sp³-hybridized carbons (Fsp3) is 0.667. The van der Waals surface area contributed by atoms with E-state index in [1.807, 2.05) is 6.07 Å². The van der Waals surface area contributed by atoms with Gasteiger partial charge in [0.1, 0.15) is 5.15 Å². The van der Waals surface area contributed by atoms with E-state index >= 15 is 0 Å². The molecular formula is C15H22ClN3. The monoisotopic (exact) mass is 279 g/mol. The van der Waals surface area contributed by atoms with Crippen LogP contribution in [0.25, 0.3) is 0 Å². The van der Waals surface area contributed by atoms with E-state index in [9.17, 15) is 0 Å². The molecule has 2 atom stereocenters. The van der Waals surface area contributed by atoms with Crippen molar-refractivity contribution in [1.82, 2.24) is 15.2 Å². The quantitative estimate of drug-likeness (QED) is 0.863. The third-order valence-corrected chi connectivity index (χ3v) is 4.61. The Morgan fingerprint density at radius 2 is 2.32 bits per heavy atom.